The summed E-state index contributed by atoms with van der Waals surface area (Å²) in [6, 6.07) is 14.9. The van der Waals surface area contributed by atoms with Crippen molar-refractivity contribution in [1.29, 1.82) is 0 Å². The monoisotopic (exact) mass is 438 g/mol. The molecule has 7 nitrogen and oxygen atoms in total. The van der Waals surface area contributed by atoms with Gasteiger partial charge in [0.25, 0.3) is 0 Å². The minimum Gasteiger partial charge on any atom is -0.497 e. The zero-order chi connectivity index (χ0) is 21.6. The van der Waals surface area contributed by atoms with Crippen LogP contribution in [-0.4, -0.2) is 59.1 Å². The van der Waals surface area contributed by atoms with Crippen LogP contribution < -0.4 is 4.74 Å². The predicted molar refractivity (Wildman–Crippen MR) is 119 cm³/mol. The highest BCUT2D eigenvalue weighted by atomic mass is 35.5. The van der Waals surface area contributed by atoms with Crippen LogP contribution in [-0.2, 0) is 11.3 Å². The highest BCUT2D eigenvalue weighted by Gasteiger charge is 2.21. The molecule has 0 radical (unpaired) electrons. The second-order valence-electron chi connectivity index (χ2n) is 7.23. The fourth-order valence-corrected chi connectivity index (χ4v) is 3.50. The summed E-state index contributed by atoms with van der Waals surface area (Å²) in [7, 11) is 1.63. The Balaban J connectivity index is 1.28. The number of rotatable bonds is 6. The molecule has 8 heteroatoms. The maximum atomic E-state index is 12.5. The first kappa shape index (κ1) is 21.1. The van der Waals surface area contributed by atoms with Gasteiger partial charge in [-0.1, -0.05) is 28.9 Å². The second kappa shape index (κ2) is 9.76. The molecule has 0 spiro atoms. The van der Waals surface area contributed by atoms with E-state index in [1.54, 1.807) is 25.3 Å². The summed E-state index contributed by atoms with van der Waals surface area (Å²) in [6.45, 7) is 3.36. The van der Waals surface area contributed by atoms with Crippen LogP contribution in [0.4, 0.5) is 0 Å². The van der Waals surface area contributed by atoms with Crippen LogP contribution in [0.15, 0.2) is 59.1 Å². The van der Waals surface area contributed by atoms with Gasteiger partial charge in [-0.2, -0.15) is 4.98 Å². The molecule has 2 heterocycles. The molecule has 0 bridgehead atoms. The van der Waals surface area contributed by atoms with E-state index in [1.807, 2.05) is 47.4 Å². The third kappa shape index (κ3) is 5.51. The summed E-state index contributed by atoms with van der Waals surface area (Å²) >= 11 is 5.92. The van der Waals surface area contributed by atoms with Gasteiger partial charge in [-0.25, -0.2) is 0 Å². The second-order valence-corrected chi connectivity index (χ2v) is 7.67. The highest BCUT2D eigenvalue weighted by molar-refractivity contribution is 6.30. The van der Waals surface area contributed by atoms with Crippen LogP contribution >= 0.6 is 11.6 Å². The van der Waals surface area contributed by atoms with Gasteiger partial charge in [-0.05, 0) is 48.0 Å². The van der Waals surface area contributed by atoms with Crippen LogP contribution in [0.1, 0.15) is 11.5 Å². The van der Waals surface area contributed by atoms with Gasteiger partial charge in [0.05, 0.1) is 13.7 Å². The Morgan fingerprint density at radius 3 is 2.68 bits per heavy atom. The summed E-state index contributed by atoms with van der Waals surface area (Å²) < 4.78 is 10.6. The lowest BCUT2D eigenvalue weighted by molar-refractivity contribution is -0.127. The number of ether oxygens (including phenoxy) is 1. The first-order valence-electron chi connectivity index (χ1n) is 10.0. The SMILES string of the molecule is COc1cccc(C=CC(=O)N2CCN(Cc3nc(-c4ccc(Cl)cc4)no3)CC2)c1. The zero-order valence-electron chi connectivity index (χ0n) is 17.2. The minimum atomic E-state index is 0.00489. The predicted octanol–water partition coefficient (Wildman–Crippen LogP) is 3.76. The van der Waals surface area contributed by atoms with Crippen molar-refractivity contribution < 1.29 is 14.1 Å². The molecule has 31 heavy (non-hydrogen) atoms. The van der Waals surface area contributed by atoms with Crippen LogP contribution in [0.2, 0.25) is 5.02 Å². The van der Waals surface area contributed by atoms with Crippen molar-refractivity contribution in [3.05, 3.63) is 71.1 Å². The van der Waals surface area contributed by atoms with Gasteiger partial charge in [-0.15, -0.1) is 0 Å². The number of aromatic nitrogens is 2. The molecule has 0 atom stereocenters. The van der Waals surface area contributed by atoms with Crippen molar-refractivity contribution in [2.24, 2.45) is 0 Å². The topological polar surface area (TPSA) is 71.7 Å². The van der Waals surface area contributed by atoms with E-state index >= 15 is 0 Å². The number of amides is 1. The Morgan fingerprint density at radius 2 is 1.94 bits per heavy atom. The number of carbonyl (C=O) groups is 1. The van der Waals surface area contributed by atoms with Crippen LogP contribution in [0.25, 0.3) is 17.5 Å². The van der Waals surface area contributed by atoms with E-state index in [0.29, 0.717) is 36.4 Å². The molecule has 4 rings (SSSR count). The number of halogens is 1. The minimum absolute atomic E-state index is 0.00489. The molecule has 1 aliphatic rings. The molecule has 2 aromatic carbocycles. The number of benzene rings is 2. The first-order valence-corrected chi connectivity index (χ1v) is 10.4. The highest BCUT2D eigenvalue weighted by Crippen LogP contribution is 2.19. The van der Waals surface area contributed by atoms with Crippen molar-refractivity contribution in [2.75, 3.05) is 33.3 Å². The average molecular weight is 439 g/mol. The van der Waals surface area contributed by atoms with Gasteiger partial charge in [0, 0.05) is 42.8 Å². The van der Waals surface area contributed by atoms with Crippen LogP contribution in [0.5, 0.6) is 5.75 Å². The Kier molecular flexibility index (Phi) is 6.64. The van der Waals surface area contributed by atoms with E-state index < -0.39 is 0 Å². The Hall–Kier alpha value is -3.16. The van der Waals surface area contributed by atoms with Gasteiger partial charge in [0.2, 0.25) is 17.6 Å². The standard InChI is InChI=1S/C23H23ClN4O3/c1-30-20-4-2-3-17(15-20)5-10-22(29)28-13-11-27(12-14-28)16-21-25-23(26-31-21)18-6-8-19(24)9-7-18/h2-10,15H,11-14,16H2,1H3. The molecular weight excluding hydrogens is 416 g/mol. The summed E-state index contributed by atoms with van der Waals surface area (Å²) in [5, 5.41) is 4.72. The molecule has 3 aromatic rings. The molecule has 0 N–H and O–H groups in total. The van der Waals surface area contributed by atoms with E-state index in [2.05, 4.69) is 15.0 Å². The Labute approximate surface area is 185 Å². The average Bonchev–Trinajstić information content (AvgIpc) is 3.27. The molecule has 1 aromatic heterocycles. The molecule has 1 aliphatic heterocycles. The first-order chi connectivity index (χ1) is 15.1. The summed E-state index contributed by atoms with van der Waals surface area (Å²) in [5.41, 5.74) is 1.79. The van der Waals surface area contributed by atoms with Crippen molar-refractivity contribution in [3.8, 4) is 17.1 Å². The third-order valence-corrected chi connectivity index (χ3v) is 5.38. The smallest absolute Gasteiger partial charge is 0.246 e. The quantitative estimate of drug-likeness (QED) is 0.546. The number of nitrogens with zero attached hydrogens (tertiary/aromatic N) is 4. The van der Waals surface area contributed by atoms with Gasteiger partial charge in [-0.3, -0.25) is 9.69 Å². The summed E-state index contributed by atoms with van der Waals surface area (Å²) in [4.78, 5) is 21.0. The van der Waals surface area contributed by atoms with E-state index in [4.69, 9.17) is 20.9 Å². The van der Waals surface area contributed by atoms with Gasteiger partial charge in [0.15, 0.2) is 0 Å². The number of hydrogen-bond acceptors (Lipinski definition) is 6. The summed E-state index contributed by atoms with van der Waals surface area (Å²) in [6.07, 6.45) is 3.43. The summed E-state index contributed by atoms with van der Waals surface area (Å²) in [5.74, 6) is 1.87. The van der Waals surface area contributed by atoms with Crippen molar-refractivity contribution in [2.45, 2.75) is 6.54 Å². The lowest BCUT2D eigenvalue weighted by atomic mass is 10.2. The maximum Gasteiger partial charge on any atom is 0.246 e. The number of carbonyl (C=O) groups excluding carboxylic acids is 1. The lowest BCUT2D eigenvalue weighted by Gasteiger charge is -2.33. The molecular formula is C23H23ClN4O3. The van der Waals surface area contributed by atoms with E-state index in [0.717, 1.165) is 30.0 Å². The Morgan fingerprint density at radius 1 is 1.16 bits per heavy atom. The van der Waals surface area contributed by atoms with Crippen molar-refractivity contribution >= 4 is 23.6 Å². The fraction of sp³-hybridized carbons (Fsp3) is 0.261. The molecule has 1 fully saturated rings. The van der Waals surface area contributed by atoms with Crippen molar-refractivity contribution in [1.82, 2.24) is 19.9 Å². The third-order valence-electron chi connectivity index (χ3n) is 5.13. The molecule has 160 valence electrons. The van der Waals surface area contributed by atoms with Gasteiger partial charge >= 0.3 is 0 Å². The molecule has 1 amide bonds. The normalized spacial score (nSPS) is 14.8. The number of piperazine rings is 1. The largest absolute Gasteiger partial charge is 0.497 e. The maximum absolute atomic E-state index is 12.5. The fourth-order valence-electron chi connectivity index (χ4n) is 3.37. The van der Waals surface area contributed by atoms with Crippen LogP contribution in [0, 0.1) is 0 Å². The molecule has 0 unspecified atom stereocenters. The molecule has 0 aliphatic carbocycles. The van der Waals surface area contributed by atoms with E-state index in [-0.39, 0.29) is 5.91 Å². The zero-order valence-corrected chi connectivity index (χ0v) is 18.0. The van der Waals surface area contributed by atoms with Crippen LogP contribution in [0.3, 0.4) is 0 Å². The number of methoxy groups -OCH3 is 1. The van der Waals surface area contributed by atoms with Gasteiger partial charge < -0.3 is 14.2 Å². The molecule has 0 saturated carbocycles. The van der Waals surface area contributed by atoms with E-state index in [1.165, 1.54) is 0 Å². The van der Waals surface area contributed by atoms with Crippen molar-refractivity contribution in [3.63, 3.8) is 0 Å². The number of hydrogen-bond donors (Lipinski definition) is 0. The van der Waals surface area contributed by atoms with Gasteiger partial charge in [0.1, 0.15) is 5.75 Å². The Bertz CT molecular complexity index is 1060. The lowest BCUT2D eigenvalue weighted by Crippen LogP contribution is -2.47. The molecule has 1 saturated heterocycles. The van der Waals surface area contributed by atoms with E-state index in [9.17, 15) is 4.79 Å².